The quantitative estimate of drug-likeness (QED) is 0.671. The molecule has 0 aliphatic rings. The zero-order chi connectivity index (χ0) is 20.2. The van der Waals surface area contributed by atoms with Crippen molar-refractivity contribution >= 4 is 39.2 Å². The van der Waals surface area contributed by atoms with Gasteiger partial charge in [-0.2, -0.15) is 0 Å². The fourth-order valence-electron chi connectivity index (χ4n) is 2.04. The zero-order valence-electron chi connectivity index (χ0n) is 14.4. The first kappa shape index (κ1) is 20.5. The number of methoxy groups -OCH3 is 1. The van der Waals surface area contributed by atoms with E-state index in [1.165, 1.54) is 44.4 Å². The second-order valence-corrected chi connectivity index (χ2v) is 7.55. The average molecular weight is 413 g/mol. The van der Waals surface area contributed by atoms with Gasteiger partial charge in [0.05, 0.1) is 23.3 Å². The van der Waals surface area contributed by atoms with Gasteiger partial charge in [-0.05, 0) is 43.3 Å². The molecule has 0 spiro atoms. The minimum absolute atomic E-state index is 0.0518. The summed E-state index contributed by atoms with van der Waals surface area (Å²) in [6.45, 7) is 1.31. The third-order valence-corrected chi connectivity index (χ3v) is 5.07. The summed E-state index contributed by atoms with van der Waals surface area (Å²) in [4.78, 5) is 22.9. The number of hydrogen-bond donors (Lipinski definition) is 2. The summed E-state index contributed by atoms with van der Waals surface area (Å²) < 4.78 is 37.6. The molecule has 0 fully saturated rings. The van der Waals surface area contributed by atoms with Gasteiger partial charge in [0.2, 0.25) is 0 Å². The Hall–Kier alpha value is -2.78. The van der Waals surface area contributed by atoms with Crippen LogP contribution in [0.1, 0.15) is 17.3 Å². The molecule has 0 aromatic heterocycles. The Kier molecular flexibility index (Phi) is 6.29. The zero-order valence-corrected chi connectivity index (χ0v) is 16.0. The summed E-state index contributed by atoms with van der Waals surface area (Å²) in [5.41, 5.74) is 5.13. The lowest BCUT2D eigenvalue weighted by Crippen LogP contribution is -2.30. The van der Waals surface area contributed by atoms with Crippen molar-refractivity contribution in [3.63, 3.8) is 0 Å². The Labute approximate surface area is 161 Å². The second-order valence-electron chi connectivity index (χ2n) is 5.43. The average Bonchev–Trinajstić information content (AvgIpc) is 2.61. The fraction of sp³-hybridized carbons (Fsp3) is 0.176. The molecule has 144 valence electrons. The number of ether oxygens (including phenoxy) is 2. The van der Waals surface area contributed by atoms with Crippen LogP contribution in [-0.2, 0) is 19.6 Å². The molecule has 0 radical (unpaired) electrons. The van der Waals surface area contributed by atoms with Gasteiger partial charge in [0.15, 0.2) is 6.10 Å². The van der Waals surface area contributed by atoms with Crippen molar-refractivity contribution in [3.05, 3.63) is 53.1 Å². The first-order chi connectivity index (χ1) is 12.6. The maximum atomic E-state index is 12.7. The van der Waals surface area contributed by atoms with Crippen molar-refractivity contribution in [2.45, 2.75) is 17.9 Å². The van der Waals surface area contributed by atoms with Crippen LogP contribution < -0.4 is 15.2 Å². The van der Waals surface area contributed by atoms with E-state index in [1.54, 1.807) is 6.07 Å². The largest absolute Gasteiger partial charge is 0.495 e. The number of carbonyl (C=O) groups excluding carboxylic acids is 2. The van der Waals surface area contributed by atoms with Gasteiger partial charge in [-0.3, -0.25) is 9.52 Å². The van der Waals surface area contributed by atoms with Crippen molar-refractivity contribution in [2.24, 2.45) is 5.73 Å². The highest BCUT2D eigenvalue weighted by molar-refractivity contribution is 7.92. The number of benzene rings is 2. The summed E-state index contributed by atoms with van der Waals surface area (Å²) in [6.07, 6.45) is -1.15. The third-order valence-electron chi connectivity index (χ3n) is 3.47. The van der Waals surface area contributed by atoms with Crippen LogP contribution in [0.3, 0.4) is 0 Å². The molecular weight excluding hydrogens is 396 g/mol. The molecule has 1 atom stereocenters. The number of carbonyl (C=O) groups is 2. The van der Waals surface area contributed by atoms with E-state index >= 15 is 0 Å². The highest BCUT2D eigenvalue weighted by Crippen LogP contribution is 2.30. The standard InChI is InChI=1S/C17H17ClN2O6S/c1-10(16(19)21)26-17(22)11-4-3-5-13(8-11)27(23,24)20-14-9-12(18)6-7-15(14)25-2/h3-10,20H,1-2H3,(H2,19,21). The van der Waals surface area contributed by atoms with Crippen molar-refractivity contribution in [1.82, 2.24) is 0 Å². The van der Waals surface area contributed by atoms with Gasteiger partial charge in [0.25, 0.3) is 15.9 Å². The molecule has 0 saturated heterocycles. The summed E-state index contributed by atoms with van der Waals surface area (Å²) in [5, 5.41) is 0.311. The van der Waals surface area contributed by atoms with Crippen LogP contribution in [0.4, 0.5) is 5.69 Å². The van der Waals surface area contributed by atoms with E-state index in [0.717, 1.165) is 6.07 Å². The first-order valence-corrected chi connectivity index (χ1v) is 9.47. The van der Waals surface area contributed by atoms with Crippen molar-refractivity contribution < 1.29 is 27.5 Å². The van der Waals surface area contributed by atoms with Crippen molar-refractivity contribution in [3.8, 4) is 5.75 Å². The van der Waals surface area contributed by atoms with E-state index in [-0.39, 0.29) is 21.9 Å². The Balaban J connectivity index is 2.31. The molecule has 0 aliphatic heterocycles. The lowest BCUT2D eigenvalue weighted by atomic mass is 10.2. The lowest BCUT2D eigenvalue weighted by molar-refractivity contribution is -0.125. The van der Waals surface area contributed by atoms with Crippen molar-refractivity contribution in [1.29, 1.82) is 0 Å². The van der Waals surface area contributed by atoms with E-state index in [9.17, 15) is 18.0 Å². The lowest BCUT2D eigenvalue weighted by Gasteiger charge is -2.13. The minimum atomic E-state index is -4.05. The molecular formula is C17H17ClN2O6S. The molecule has 2 rings (SSSR count). The monoisotopic (exact) mass is 412 g/mol. The molecule has 1 amide bonds. The molecule has 0 aliphatic carbocycles. The van der Waals surface area contributed by atoms with Gasteiger partial charge in [-0.1, -0.05) is 17.7 Å². The number of anilines is 1. The Morgan fingerprint density at radius 3 is 2.52 bits per heavy atom. The minimum Gasteiger partial charge on any atom is -0.495 e. The number of amides is 1. The van der Waals surface area contributed by atoms with Gasteiger partial charge >= 0.3 is 5.97 Å². The number of sulfonamides is 1. The third kappa shape index (κ3) is 5.11. The number of rotatable bonds is 7. The Morgan fingerprint density at radius 1 is 1.19 bits per heavy atom. The summed E-state index contributed by atoms with van der Waals surface area (Å²) in [7, 11) is -2.67. The normalized spacial score (nSPS) is 12.1. The highest BCUT2D eigenvalue weighted by atomic mass is 35.5. The number of primary amides is 1. The fourth-order valence-corrected chi connectivity index (χ4v) is 3.32. The first-order valence-electron chi connectivity index (χ1n) is 7.61. The van der Waals surface area contributed by atoms with Crippen LogP contribution in [0.15, 0.2) is 47.4 Å². The van der Waals surface area contributed by atoms with Crippen LogP contribution >= 0.6 is 11.6 Å². The van der Waals surface area contributed by atoms with Gasteiger partial charge in [0, 0.05) is 5.02 Å². The molecule has 0 bridgehead atoms. The molecule has 2 aromatic rings. The molecule has 10 heteroatoms. The van der Waals surface area contributed by atoms with E-state index in [2.05, 4.69) is 4.72 Å². The number of halogens is 1. The SMILES string of the molecule is COc1ccc(Cl)cc1NS(=O)(=O)c1cccc(C(=O)OC(C)C(N)=O)c1. The maximum Gasteiger partial charge on any atom is 0.338 e. The summed E-state index contributed by atoms with van der Waals surface area (Å²) in [6, 6.07) is 9.60. The molecule has 1 unspecified atom stereocenters. The van der Waals surface area contributed by atoms with Crippen LogP contribution in [0.5, 0.6) is 5.75 Å². The van der Waals surface area contributed by atoms with E-state index in [0.29, 0.717) is 5.02 Å². The van der Waals surface area contributed by atoms with Gasteiger partial charge in [-0.15, -0.1) is 0 Å². The predicted molar refractivity (Wildman–Crippen MR) is 99.3 cm³/mol. The maximum absolute atomic E-state index is 12.7. The van der Waals surface area contributed by atoms with E-state index in [1.807, 2.05) is 0 Å². The Morgan fingerprint density at radius 2 is 1.89 bits per heavy atom. The summed E-state index contributed by atoms with van der Waals surface area (Å²) in [5.74, 6) is -1.42. The topological polar surface area (TPSA) is 125 Å². The number of nitrogens with two attached hydrogens (primary N) is 1. The molecule has 0 saturated carbocycles. The van der Waals surface area contributed by atoms with E-state index in [4.69, 9.17) is 26.8 Å². The van der Waals surface area contributed by atoms with Crippen LogP contribution in [-0.4, -0.2) is 33.5 Å². The Bertz CT molecular complexity index is 977. The molecule has 8 nitrogen and oxygen atoms in total. The van der Waals surface area contributed by atoms with Crippen LogP contribution in [0, 0.1) is 0 Å². The van der Waals surface area contributed by atoms with Crippen LogP contribution in [0.2, 0.25) is 5.02 Å². The molecule has 2 aromatic carbocycles. The number of esters is 1. The van der Waals surface area contributed by atoms with Gasteiger partial charge in [0.1, 0.15) is 5.75 Å². The molecule has 3 N–H and O–H groups in total. The smallest absolute Gasteiger partial charge is 0.338 e. The van der Waals surface area contributed by atoms with Gasteiger partial charge < -0.3 is 15.2 Å². The summed E-state index contributed by atoms with van der Waals surface area (Å²) >= 11 is 5.90. The van der Waals surface area contributed by atoms with Gasteiger partial charge in [-0.25, -0.2) is 13.2 Å². The second kappa shape index (κ2) is 8.28. The van der Waals surface area contributed by atoms with E-state index < -0.39 is 28.0 Å². The highest BCUT2D eigenvalue weighted by Gasteiger charge is 2.21. The number of nitrogens with one attached hydrogen (secondary N) is 1. The van der Waals surface area contributed by atoms with Crippen LogP contribution in [0.25, 0.3) is 0 Å². The molecule has 27 heavy (non-hydrogen) atoms. The number of hydrogen-bond acceptors (Lipinski definition) is 6. The van der Waals surface area contributed by atoms with Crippen molar-refractivity contribution in [2.75, 3.05) is 11.8 Å². The molecule has 0 heterocycles. The predicted octanol–water partition coefficient (Wildman–Crippen LogP) is 2.18.